The SMILES string of the molecule is CCCCCCCCCCCCc1ccc(OCC(O)CO)cc1. The highest BCUT2D eigenvalue weighted by Gasteiger charge is 2.03. The molecule has 0 aliphatic carbocycles. The Hall–Kier alpha value is -1.06. The maximum absolute atomic E-state index is 9.26. The van der Waals surface area contributed by atoms with Crippen molar-refractivity contribution in [3.8, 4) is 5.75 Å². The minimum absolute atomic E-state index is 0.133. The van der Waals surface area contributed by atoms with Crippen molar-refractivity contribution >= 4 is 0 Å². The van der Waals surface area contributed by atoms with Crippen molar-refractivity contribution in [1.82, 2.24) is 0 Å². The molecule has 1 atom stereocenters. The maximum atomic E-state index is 9.26. The Morgan fingerprint density at radius 3 is 1.92 bits per heavy atom. The highest BCUT2D eigenvalue weighted by atomic mass is 16.5. The fourth-order valence-corrected chi connectivity index (χ4v) is 2.81. The summed E-state index contributed by atoms with van der Waals surface area (Å²) in [4.78, 5) is 0. The Bertz CT molecular complexity index is 389. The number of unbranched alkanes of at least 4 members (excludes halogenated alkanes) is 9. The Labute approximate surface area is 148 Å². The number of benzene rings is 1. The van der Waals surface area contributed by atoms with Crippen molar-refractivity contribution in [1.29, 1.82) is 0 Å². The van der Waals surface area contributed by atoms with Crippen LogP contribution in [-0.2, 0) is 6.42 Å². The lowest BCUT2D eigenvalue weighted by molar-refractivity contribution is 0.0536. The van der Waals surface area contributed by atoms with Crippen LogP contribution in [0.4, 0.5) is 0 Å². The van der Waals surface area contributed by atoms with Gasteiger partial charge >= 0.3 is 0 Å². The lowest BCUT2D eigenvalue weighted by atomic mass is 10.0. The van der Waals surface area contributed by atoms with Gasteiger partial charge in [0, 0.05) is 0 Å². The van der Waals surface area contributed by atoms with Gasteiger partial charge in [-0.2, -0.15) is 0 Å². The monoisotopic (exact) mass is 336 g/mol. The molecule has 24 heavy (non-hydrogen) atoms. The molecule has 0 aliphatic heterocycles. The minimum atomic E-state index is -0.809. The van der Waals surface area contributed by atoms with Gasteiger partial charge in [-0.3, -0.25) is 0 Å². The van der Waals surface area contributed by atoms with Gasteiger partial charge < -0.3 is 14.9 Å². The maximum Gasteiger partial charge on any atom is 0.119 e. The summed E-state index contributed by atoms with van der Waals surface area (Å²) in [5.74, 6) is 0.745. The second-order valence-corrected chi connectivity index (χ2v) is 6.72. The van der Waals surface area contributed by atoms with Crippen LogP contribution < -0.4 is 4.74 Å². The van der Waals surface area contributed by atoms with Crippen LogP contribution >= 0.6 is 0 Å². The van der Waals surface area contributed by atoms with E-state index in [1.165, 1.54) is 69.8 Å². The van der Waals surface area contributed by atoms with Crippen LogP contribution in [0.1, 0.15) is 76.7 Å². The summed E-state index contributed by atoms with van der Waals surface area (Å²) in [6, 6.07) is 8.06. The van der Waals surface area contributed by atoms with Crippen LogP contribution in [0.5, 0.6) is 5.75 Å². The van der Waals surface area contributed by atoms with Crippen molar-refractivity contribution in [2.75, 3.05) is 13.2 Å². The second-order valence-electron chi connectivity index (χ2n) is 6.72. The summed E-state index contributed by atoms with van der Waals surface area (Å²) in [6.45, 7) is 2.13. The van der Waals surface area contributed by atoms with E-state index in [-0.39, 0.29) is 13.2 Å². The van der Waals surface area contributed by atoms with Gasteiger partial charge in [-0.05, 0) is 30.5 Å². The van der Waals surface area contributed by atoms with E-state index in [9.17, 15) is 5.11 Å². The Morgan fingerprint density at radius 2 is 1.38 bits per heavy atom. The summed E-state index contributed by atoms with van der Waals surface area (Å²) in [5.41, 5.74) is 1.34. The average Bonchev–Trinajstić information content (AvgIpc) is 2.62. The zero-order chi connectivity index (χ0) is 17.5. The van der Waals surface area contributed by atoms with Crippen molar-refractivity contribution in [2.24, 2.45) is 0 Å². The van der Waals surface area contributed by atoms with Crippen molar-refractivity contribution < 1.29 is 14.9 Å². The third-order valence-electron chi connectivity index (χ3n) is 4.40. The highest BCUT2D eigenvalue weighted by molar-refractivity contribution is 5.27. The molecule has 2 N–H and O–H groups in total. The summed E-state index contributed by atoms with van der Waals surface area (Å²) >= 11 is 0. The van der Waals surface area contributed by atoms with E-state index < -0.39 is 6.10 Å². The normalized spacial score (nSPS) is 12.3. The number of rotatable bonds is 15. The molecule has 138 valence electrons. The quantitative estimate of drug-likeness (QED) is 0.449. The van der Waals surface area contributed by atoms with Gasteiger partial charge in [-0.1, -0.05) is 76.8 Å². The number of hydrogen-bond acceptors (Lipinski definition) is 3. The second kappa shape index (κ2) is 14.3. The van der Waals surface area contributed by atoms with E-state index >= 15 is 0 Å². The molecular weight excluding hydrogens is 300 g/mol. The van der Waals surface area contributed by atoms with E-state index in [1.807, 2.05) is 12.1 Å². The van der Waals surface area contributed by atoms with Crippen LogP contribution in [-0.4, -0.2) is 29.5 Å². The van der Waals surface area contributed by atoms with Crippen LogP contribution in [0.3, 0.4) is 0 Å². The lowest BCUT2D eigenvalue weighted by Gasteiger charge is -2.10. The molecule has 1 rings (SSSR count). The first-order valence-electron chi connectivity index (χ1n) is 9.77. The summed E-state index contributed by atoms with van der Waals surface area (Å²) in [7, 11) is 0. The number of aliphatic hydroxyl groups is 2. The molecule has 0 heterocycles. The van der Waals surface area contributed by atoms with Crippen LogP contribution in [0.15, 0.2) is 24.3 Å². The number of hydrogen-bond donors (Lipinski definition) is 2. The van der Waals surface area contributed by atoms with Gasteiger partial charge in [0.1, 0.15) is 18.5 Å². The molecule has 0 aliphatic rings. The molecule has 0 saturated carbocycles. The molecule has 0 saturated heterocycles. The molecule has 0 radical (unpaired) electrons. The molecule has 1 aromatic carbocycles. The van der Waals surface area contributed by atoms with E-state index in [1.54, 1.807) is 0 Å². The van der Waals surface area contributed by atoms with Crippen molar-refractivity contribution in [2.45, 2.75) is 83.7 Å². The topological polar surface area (TPSA) is 49.7 Å². The molecule has 3 heteroatoms. The highest BCUT2D eigenvalue weighted by Crippen LogP contribution is 2.16. The van der Waals surface area contributed by atoms with Gasteiger partial charge in [0.25, 0.3) is 0 Å². The molecule has 0 aromatic heterocycles. The first-order valence-corrected chi connectivity index (χ1v) is 9.77. The predicted molar refractivity (Wildman–Crippen MR) is 101 cm³/mol. The van der Waals surface area contributed by atoms with Crippen molar-refractivity contribution in [3.05, 3.63) is 29.8 Å². The number of ether oxygens (including phenoxy) is 1. The molecule has 0 fully saturated rings. The van der Waals surface area contributed by atoms with Crippen LogP contribution in [0.2, 0.25) is 0 Å². The average molecular weight is 337 g/mol. The lowest BCUT2D eigenvalue weighted by Crippen LogP contribution is -2.21. The fraction of sp³-hybridized carbons (Fsp3) is 0.714. The molecule has 0 spiro atoms. The largest absolute Gasteiger partial charge is 0.491 e. The fourth-order valence-electron chi connectivity index (χ4n) is 2.81. The van der Waals surface area contributed by atoms with E-state index in [4.69, 9.17) is 9.84 Å². The van der Waals surface area contributed by atoms with Gasteiger partial charge in [0.05, 0.1) is 6.61 Å². The van der Waals surface area contributed by atoms with E-state index in [0.29, 0.717) is 0 Å². The van der Waals surface area contributed by atoms with E-state index in [0.717, 1.165) is 12.2 Å². The molecule has 0 bridgehead atoms. The zero-order valence-electron chi connectivity index (χ0n) is 15.4. The smallest absolute Gasteiger partial charge is 0.119 e. The molecule has 1 unspecified atom stereocenters. The standard InChI is InChI=1S/C21H36O3/c1-2-3-4-5-6-7-8-9-10-11-12-19-13-15-21(16-14-19)24-18-20(23)17-22/h13-16,20,22-23H,2-12,17-18H2,1H3. The van der Waals surface area contributed by atoms with Crippen molar-refractivity contribution in [3.63, 3.8) is 0 Å². The van der Waals surface area contributed by atoms with E-state index in [2.05, 4.69) is 19.1 Å². The zero-order valence-corrected chi connectivity index (χ0v) is 15.4. The Balaban J connectivity index is 2.01. The number of aryl methyl sites for hydroxylation is 1. The summed E-state index contributed by atoms with van der Waals surface area (Å²) < 4.78 is 5.41. The number of aliphatic hydroxyl groups excluding tert-OH is 2. The summed E-state index contributed by atoms with van der Waals surface area (Å²) in [5, 5.41) is 18.0. The first-order chi connectivity index (χ1) is 11.8. The van der Waals surface area contributed by atoms with Crippen LogP contribution in [0.25, 0.3) is 0 Å². The third kappa shape index (κ3) is 10.7. The first kappa shape index (κ1) is 21.0. The minimum Gasteiger partial charge on any atom is -0.491 e. The Morgan fingerprint density at radius 1 is 0.833 bits per heavy atom. The van der Waals surface area contributed by atoms with Crippen LogP contribution in [0, 0.1) is 0 Å². The van der Waals surface area contributed by atoms with Gasteiger partial charge in [-0.25, -0.2) is 0 Å². The predicted octanol–water partition coefficient (Wildman–Crippen LogP) is 4.88. The molecule has 0 amide bonds. The summed E-state index contributed by atoms with van der Waals surface area (Å²) in [6.07, 6.45) is 14.0. The molecule has 1 aromatic rings. The van der Waals surface area contributed by atoms with Gasteiger partial charge in [0.2, 0.25) is 0 Å². The molecule has 3 nitrogen and oxygen atoms in total. The van der Waals surface area contributed by atoms with Gasteiger partial charge in [-0.15, -0.1) is 0 Å². The third-order valence-corrected chi connectivity index (χ3v) is 4.40. The molecular formula is C21H36O3. The van der Waals surface area contributed by atoms with Gasteiger partial charge in [0.15, 0.2) is 0 Å². The Kier molecular flexibility index (Phi) is 12.5.